The van der Waals surface area contributed by atoms with E-state index in [0.717, 1.165) is 28.7 Å². The van der Waals surface area contributed by atoms with E-state index >= 15 is 0 Å². The van der Waals surface area contributed by atoms with Crippen molar-refractivity contribution in [3.8, 4) is 11.1 Å². The molecule has 1 aliphatic carbocycles. The number of benzene rings is 2. The van der Waals surface area contributed by atoms with E-state index in [2.05, 4.69) is 12.1 Å². The second-order valence-corrected chi connectivity index (χ2v) is 6.07. The fourth-order valence-corrected chi connectivity index (χ4v) is 3.56. The summed E-state index contributed by atoms with van der Waals surface area (Å²) in [6, 6.07) is 9.96. The fraction of sp³-hybridized carbons (Fsp3) is 0.333. The van der Waals surface area contributed by atoms with Crippen LogP contribution in [0, 0.1) is 6.92 Å². The second kappa shape index (κ2) is 7.09. The van der Waals surface area contributed by atoms with Crippen molar-refractivity contribution in [2.75, 3.05) is 13.2 Å². The molecule has 0 saturated heterocycles. The normalized spacial score (nSPS) is 12.1. The maximum Gasteiger partial charge on any atom is 0.339 e. The fourth-order valence-electron chi connectivity index (χ4n) is 3.56. The summed E-state index contributed by atoms with van der Waals surface area (Å²) >= 11 is 0. The van der Waals surface area contributed by atoms with Gasteiger partial charge in [-0.05, 0) is 67.5 Å². The lowest BCUT2D eigenvalue weighted by Gasteiger charge is -2.25. The van der Waals surface area contributed by atoms with Crippen LogP contribution in [0.25, 0.3) is 11.1 Å². The molecule has 0 atom stereocenters. The molecular formula is C21H22O4. The van der Waals surface area contributed by atoms with Gasteiger partial charge in [-0.25, -0.2) is 9.59 Å². The first-order valence-corrected chi connectivity index (χ1v) is 8.67. The number of carbonyl (C=O) groups excluding carboxylic acids is 2. The van der Waals surface area contributed by atoms with E-state index in [1.807, 2.05) is 19.1 Å². The minimum absolute atomic E-state index is 0.264. The minimum atomic E-state index is -0.477. The molecule has 0 radical (unpaired) electrons. The number of rotatable bonds is 4. The molecule has 2 aromatic carbocycles. The van der Waals surface area contributed by atoms with Crippen LogP contribution < -0.4 is 0 Å². The molecule has 4 heteroatoms. The summed E-state index contributed by atoms with van der Waals surface area (Å²) < 4.78 is 10.4. The number of hydrogen-bond donors (Lipinski definition) is 0. The average molecular weight is 338 g/mol. The Labute approximate surface area is 147 Å². The lowest BCUT2D eigenvalue weighted by molar-refractivity contribution is 0.0477. The van der Waals surface area contributed by atoms with Crippen LogP contribution in [0.5, 0.6) is 0 Å². The van der Waals surface area contributed by atoms with Gasteiger partial charge >= 0.3 is 11.9 Å². The van der Waals surface area contributed by atoms with Gasteiger partial charge in [-0.3, -0.25) is 0 Å². The Morgan fingerprint density at radius 3 is 2.40 bits per heavy atom. The highest BCUT2D eigenvalue weighted by Gasteiger charge is 2.29. The largest absolute Gasteiger partial charge is 0.462 e. The number of hydrogen-bond acceptors (Lipinski definition) is 4. The van der Waals surface area contributed by atoms with Crippen LogP contribution in [0.3, 0.4) is 0 Å². The summed E-state index contributed by atoms with van der Waals surface area (Å²) in [6.45, 7) is 6.01. The average Bonchev–Trinajstić information content (AvgIpc) is 2.61. The van der Waals surface area contributed by atoms with Crippen molar-refractivity contribution in [2.45, 2.75) is 33.6 Å². The molecule has 0 fully saturated rings. The van der Waals surface area contributed by atoms with Gasteiger partial charge in [0.1, 0.15) is 0 Å². The van der Waals surface area contributed by atoms with Crippen molar-refractivity contribution in [1.29, 1.82) is 0 Å². The Balaban J connectivity index is 2.27. The summed E-state index contributed by atoms with van der Waals surface area (Å²) in [7, 11) is 0. The van der Waals surface area contributed by atoms with E-state index in [0.29, 0.717) is 17.5 Å². The zero-order valence-corrected chi connectivity index (χ0v) is 14.8. The maximum absolute atomic E-state index is 12.6. The van der Waals surface area contributed by atoms with Crippen LogP contribution >= 0.6 is 0 Å². The van der Waals surface area contributed by atoms with Gasteiger partial charge in [0.15, 0.2) is 0 Å². The van der Waals surface area contributed by atoms with Crippen LogP contribution in [-0.4, -0.2) is 25.2 Å². The van der Waals surface area contributed by atoms with Crippen molar-refractivity contribution in [3.05, 3.63) is 58.1 Å². The number of aryl methyl sites for hydroxylation is 2. The third-order valence-electron chi connectivity index (χ3n) is 4.53. The third kappa shape index (κ3) is 3.04. The summed E-state index contributed by atoms with van der Waals surface area (Å²) in [6.07, 6.45) is 1.54. The Morgan fingerprint density at radius 2 is 1.68 bits per heavy atom. The summed E-state index contributed by atoms with van der Waals surface area (Å²) in [5.74, 6) is -0.934. The van der Waals surface area contributed by atoms with E-state index in [1.54, 1.807) is 19.9 Å². The predicted octanol–water partition coefficient (Wildman–Crippen LogP) is 4.11. The lowest BCUT2D eigenvalue weighted by Crippen LogP contribution is -2.20. The Morgan fingerprint density at radius 1 is 1.00 bits per heavy atom. The monoisotopic (exact) mass is 338 g/mol. The van der Waals surface area contributed by atoms with E-state index in [1.165, 1.54) is 5.56 Å². The van der Waals surface area contributed by atoms with Gasteiger partial charge in [0.05, 0.1) is 24.3 Å². The minimum Gasteiger partial charge on any atom is -0.462 e. The predicted molar refractivity (Wildman–Crippen MR) is 95.9 cm³/mol. The Bertz CT molecular complexity index is 836. The van der Waals surface area contributed by atoms with Gasteiger partial charge in [0.2, 0.25) is 0 Å². The Hall–Kier alpha value is -2.62. The number of ether oxygens (including phenoxy) is 2. The van der Waals surface area contributed by atoms with E-state index in [4.69, 9.17) is 9.47 Å². The molecule has 0 amide bonds. The van der Waals surface area contributed by atoms with E-state index in [-0.39, 0.29) is 13.2 Å². The summed E-state index contributed by atoms with van der Waals surface area (Å²) in [4.78, 5) is 25.1. The molecule has 0 spiro atoms. The first-order chi connectivity index (χ1) is 12.1. The highest BCUT2D eigenvalue weighted by atomic mass is 16.5. The van der Waals surface area contributed by atoms with Crippen molar-refractivity contribution in [1.82, 2.24) is 0 Å². The van der Waals surface area contributed by atoms with Gasteiger partial charge in [0, 0.05) is 0 Å². The summed E-state index contributed by atoms with van der Waals surface area (Å²) in [5.41, 5.74) is 5.95. The van der Waals surface area contributed by atoms with Crippen molar-refractivity contribution < 1.29 is 19.1 Å². The maximum atomic E-state index is 12.6. The molecule has 0 aliphatic heterocycles. The lowest BCUT2D eigenvalue weighted by atomic mass is 9.79. The molecule has 0 N–H and O–H groups in total. The molecule has 0 bridgehead atoms. The molecule has 4 nitrogen and oxygen atoms in total. The van der Waals surface area contributed by atoms with Crippen LogP contribution in [0.4, 0.5) is 0 Å². The number of carbonyl (C=O) groups is 2. The van der Waals surface area contributed by atoms with E-state index in [9.17, 15) is 9.59 Å². The third-order valence-corrected chi connectivity index (χ3v) is 4.53. The van der Waals surface area contributed by atoms with Gasteiger partial charge in [-0.1, -0.05) is 24.3 Å². The summed E-state index contributed by atoms with van der Waals surface area (Å²) in [5, 5.41) is 0. The van der Waals surface area contributed by atoms with Crippen molar-refractivity contribution in [3.63, 3.8) is 0 Å². The first kappa shape index (κ1) is 17.2. The van der Waals surface area contributed by atoms with Crippen LogP contribution in [0.15, 0.2) is 30.3 Å². The highest BCUT2D eigenvalue weighted by molar-refractivity contribution is 6.06. The van der Waals surface area contributed by atoms with Gasteiger partial charge in [0.25, 0.3) is 0 Å². The standard InChI is InChI=1S/C21H22O4/c1-4-24-20(22)17-12-13(3)18-15-9-7-6-8-14(15)10-11-16(18)19(17)21(23)25-5-2/h6-9,12H,4-5,10-11H2,1-3H3. The molecule has 130 valence electrons. The van der Waals surface area contributed by atoms with Crippen LogP contribution in [0.2, 0.25) is 0 Å². The van der Waals surface area contributed by atoms with Gasteiger partial charge in [-0.15, -0.1) is 0 Å². The van der Waals surface area contributed by atoms with Gasteiger partial charge in [-0.2, -0.15) is 0 Å². The highest BCUT2D eigenvalue weighted by Crippen LogP contribution is 2.39. The molecule has 25 heavy (non-hydrogen) atoms. The quantitative estimate of drug-likeness (QED) is 0.787. The molecule has 3 rings (SSSR count). The van der Waals surface area contributed by atoms with Crippen LogP contribution in [0.1, 0.15) is 51.3 Å². The molecule has 0 saturated carbocycles. The first-order valence-electron chi connectivity index (χ1n) is 8.67. The molecule has 0 unspecified atom stereocenters. The number of esters is 2. The molecular weight excluding hydrogens is 316 g/mol. The zero-order valence-electron chi connectivity index (χ0n) is 14.8. The zero-order chi connectivity index (χ0) is 18.0. The molecule has 2 aromatic rings. The topological polar surface area (TPSA) is 52.6 Å². The second-order valence-electron chi connectivity index (χ2n) is 6.07. The smallest absolute Gasteiger partial charge is 0.339 e. The SMILES string of the molecule is CCOC(=O)c1cc(C)c2c(c1C(=O)OCC)CCc1ccccc1-2. The van der Waals surface area contributed by atoms with Crippen molar-refractivity contribution in [2.24, 2.45) is 0 Å². The molecule has 0 aromatic heterocycles. The van der Waals surface area contributed by atoms with Crippen LogP contribution in [-0.2, 0) is 22.3 Å². The molecule has 1 aliphatic rings. The Kier molecular flexibility index (Phi) is 4.88. The van der Waals surface area contributed by atoms with E-state index < -0.39 is 11.9 Å². The van der Waals surface area contributed by atoms with Crippen molar-refractivity contribution >= 4 is 11.9 Å². The van der Waals surface area contributed by atoms with Gasteiger partial charge < -0.3 is 9.47 Å². The number of fused-ring (bicyclic) bond motifs is 3. The molecule has 0 heterocycles.